The molecule has 0 radical (unpaired) electrons. The van der Waals surface area contributed by atoms with Gasteiger partial charge in [-0.3, -0.25) is 0 Å². The van der Waals surface area contributed by atoms with E-state index in [0.717, 1.165) is 18.1 Å². The number of benzene rings is 1. The second-order valence-electron chi connectivity index (χ2n) is 4.72. The average Bonchev–Trinajstić information content (AvgIpc) is 2.38. The Kier molecular flexibility index (Phi) is 4.69. The number of hydrogen-bond donors (Lipinski definition) is 1. The van der Waals surface area contributed by atoms with Gasteiger partial charge in [-0.2, -0.15) is 0 Å². The molecule has 17 heavy (non-hydrogen) atoms. The zero-order valence-electron chi connectivity index (χ0n) is 10.3. The zero-order valence-corrected chi connectivity index (χ0v) is 11.1. The summed E-state index contributed by atoms with van der Waals surface area (Å²) in [6, 6.07) is 6.09. The normalized spacial score (nSPS) is 20.2. The van der Waals surface area contributed by atoms with Crippen molar-refractivity contribution in [2.24, 2.45) is 5.92 Å². The topological polar surface area (TPSA) is 21.3 Å². The fraction of sp³-hybridized carbons (Fsp3) is 0.571. The van der Waals surface area contributed by atoms with E-state index in [1.54, 1.807) is 7.11 Å². The van der Waals surface area contributed by atoms with E-state index < -0.39 is 0 Å². The van der Waals surface area contributed by atoms with Crippen molar-refractivity contribution in [2.75, 3.05) is 20.2 Å². The second-order valence-corrected chi connectivity index (χ2v) is 5.13. The molecular formula is C14H20ClNO. The molecule has 1 aromatic carbocycles. The van der Waals surface area contributed by atoms with Gasteiger partial charge in [0.25, 0.3) is 0 Å². The van der Waals surface area contributed by atoms with Crippen LogP contribution in [0.2, 0.25) is 5.02 Å². The Balaban J connectivity index is 1.87. The van der Waals surface area contributed by atoms with Crippen LogP contribution >= 0.6 is 11.6 Å². The molecule has 1 aliphatic rings. The largest absolute Gasteiger partial charge is 0.495 e. The lowest BCUT2D eigenvalue weighted by Crippen LogP contribution is -2.29. The van der Waals surface area contributed by atoms with Crippen LogP contribution in [0, 0.1) is 5.92 Å². The standard InChI is InChI=1S/C14H20ClNO/c1-17-14-7-6-11(9-13(14)15)4-5-12-3-2-8-16-10-12/h6-7,9,12,16H,2-5,8,10H2,1H3. The number of ether oxygens (including phenoxy) is 1. The van der Waals surface area contributed by atoms with Gasteiger partial charge in [-0.25, -0.2) is 0 Å². The van der Waals surface area contributed by atoms with Crippen LogP contribution in [0.15, 0.2) is 18.2 Å². The van der Waals surface area contributed by atoms with E-state index in [4.69, 9.17) is 16.3 Å². The summed E-state index contributed by atoms with van der Waals surface area (Å²) in [7, 11) is 1.65. The molecule has 1 saturated heterocycles. The molecule has 0 spiro atoms. The Morgan fingerprint density at radius 3 is 3.00 bits per heavy atom. The summed E-state index contributed by atoms with van der Waals surface area (Å²) in [5.74, 6) is 1.58. The molecular weight excluding hydrogens is 234 g/mol. The van der Waals surface area contributed by atoms with Crippen molar-refractivity contribution in [1.82, 2.24) is 5.32 Å². The first-order valence-electron chi connectivity index (χ1n) is 6.32. The van der Waals surface area contributed by atoms with Gasteiger partial charge in [0.05, 0.1) is 12.1 Å². The summed E-state index contributed by atoms with van der Waals surface area (Å²) in [6.07, 6.45) is 5.02. The Hall–Kier alpha value is -0.730. The van der Waals surface area contributed by atoms with Gasteiger partial charge < -0.3 is 10.1 Å². The first-order chi connectivity index (χ1) is 8.29. The molecule has 0 amide bonds. The van der Waals surface area contributed by atoms with E-state index in [-0.39, 0.29) is 0 Å². The van der Waals surface area contributed by atoms with Crippen LogP contribution in [-0.2, 0) is 6.42 Å². The molecule has 0 saturated carbocycles. The van der Waals surface area contributed by atoms with Gasteiger partial charge in [-0.15, -0.1) is 0 Å². The van der Waals surface area contributed by atoms with Gasteiger partial charge in [0, 0.05) is 0 Å². The summed E-state index contributed by atoms with van der Waals surface area (Å²) < 4.78 is 5.15. The van der Waals surface area contributed by atoms with Crippen molar-refractivity contribution in [3.63, 3.8) is 0 Å². The number of piperidine rings is 1. The lowest BCUT2D eigenvalue weighted by Gasteiger charge is -2.22. The Morgan fingerprint density at radius 1 is 1.47 bits per heavy atom. The molecule has 3 heteroatoms. The van der Waals surface area contributed by atoms with E-state index in [1.807, 2.05) is 12.1 Å². The molecule has 1 unspecified atom stereocenters. The Bertz CT molecular complexity index is 361. The molecule has 1 N–H and O–H groups in total. The summed E-state index contributed by atoms with van der Waals surface area (Å²) in [4.78, 5) is 0. The van der Waals surface area contributed by atoms with E-state index in [2.05, 4.69) is 11.4 Å². The highest BCUT2D eigenvalue weighted by Gasteiger charge is 2.12. The fourth-order valence-corrected chi connectivity index (χ4v) is 2.69. The number of aryl methyl sites for hydroxylation is 1. The summed E-state index contributed by atoms with van der Waals surface area (Å²) in [5.41, 5.74) is 1.31. The van der Waals surface area contributed by atoms with Crippen molar-refractivity contribution in [1.29, 1.82) is 0 Å². The number of hydrogen-bond acceptors (Lipinski definition) is 2. The van der Waals surface area contributed by atoms with Crippen LogP contribution in [0.25, 0.3) is 0 Å². The minimum atomic E-state index is 0.715. The summed E-state index contributed by atoms with van der Waals surface area (Å²) >= 11 is 6.11. The Labute approximate surface area is 108 Å². The highest BCUT2D eigenvalue weighted by Crippen LogP contribution is 2.26. The van der Waals surface area contributed by atoms with Crippen LogP contribution < -0.4 is 10.1 Å². The predicted octanol–water partition coefficient (Wildman–Crippen LogP) is 3.28. The monoisotopic (exact) mass is 253 g/mol. The van der Waals surface area contributed by atoms with Crippen LogP contribution in [0.4, 0.5) is 0 Å². The maximum absolute atomic E-state index is 6.11. The molecule has 94 valence electrons. The highest BCUT2D eigenvalue weighted by atomic mass is 35.5. The maximum Gasteiger partial charge on any atom is 0.137 e. The van der Waals surface area contributed by atoms with Crippen molar-refractivity contribution in [2.45, 2.75) is 25.7 Å². The van der Waals surface area contributed by atoms with Gasteiger partial charge in [0.2, 0.25) is 0 Å². The maximum atomic E-state index is 6.11. The number of methoxy groups -OCH3 is 1. The van der Waals surface area contributed by atoms with E-state index in [0.29, 0.717) is 5.02 Å². The van der Waals surface area contributed by atoms with Crippen LogP contribution in [0.3, 0.4) is 0 Å². The lowest BCUT2D eigenvalue weighted by molar-refractivity contribution is 0.358. The molecule has 0 bridgehead atoms. The van der Waals surface area contributed by atoms with Gasteiger partial charge in [-0.1, -0.05) is 17.7 Å². The highest BCUT2D eigenvalue weighted by molar-refractivity contribution is 6.32. The zero-order chi connectivity index (χ0) is 12.1. The van der Waals surface area contributed by atoms with Crippen LogP contribution in [0.5, 0.6) is 5.75 Å². The molecule has 2 rings (SSSR count). The van der Waals surface area contributed by atoms with Crippen molar-refractivity contribution in [3.8, 4) is 5.75 Å². The molecule has 1 aliphatic heterocycles. The fourth-order valence-electron chi connectivity index (χ4n) is 2.41. The number of nitrogens with one attached hydrogen (secondary N) is 1. The number of rotatable bonds is 4. The van der Waals surface area contributed by atoms with E-state index in [9.17, 15) is 0 Å². The van der Waals surface area contributed by atoms with Crippen LogP contribution in [-0.4, -0.2) is 20.2 Å². The molecule has 1 aromatic rings. The first kappa shape index (κ1) is 12.7. The predicted molar refractivity (Wildman–Crippen MR) is 71.9 cm³/mol. The lowest BCUT2D eigenvalue weighted by atomic mass is 9.93. The minimum absolute atomic E-state index is 0.715. The SMILES string of the molecule is COc1ccc(CCC2CCCNC2)cc1Cl. The van der Waals surface area contributed by atoms with Crippen LogP contribution in [0.1, 0.15) is 24.8 Å². The van der Waals surface area contributed by atoms with Gasteiger partial charge in [0.15, 0.2) is 0 Å². The summed E-state index contributed by atoms with van der Waals surface area (Å²) in [5, 5.41) is 4.17. The second kappa shape index (κ2) is 6.27. The average molecular weight is 254 g/mol. The van der Waals surface area contributed by atoms with E-state index in [1.165, 1.54) is 37.9 Å². The molecule has 0 aliphatic carbocycles. The quantitative estimate of drug-likeness (QED) is 0.889. The third-order valence-corrected chi connectivity index (χ3v) is 3.75. The van der Waals surface area contributed by atoms with E-state index >= 15 is 0 Å². The molecule has 0 aromatic heterocycles. The van der Waals surface area contributed by atoms with Gasteiger partial charge in [0.1, 0.15) is 5.75 Å². The number of halogens is 1. The molecule has 1 fully saturated rings. The molecule has 2 nitrogen and oxygen atoms in total. The minimum Gasteiger partial charge on any atom is -0.495 e. The third-order valence-electron chi connectivity index (χ3n) is 3.46. The van der Waals surface area contributed by atoms with Crippen molar-refractivity contribution >= 4 is 11.6 Å². The van der Waals surface area contributed by atoms with Gasteiger partial charge >= 0.3 is 0 Å². The first-order valence-corrected chi connectivity index (χ1v) is 6.70. The third kappa shape index (κ3) is 3.62. The Morgan fingerprint density at radius 2 is 2.35 bits per heavy atom. The smallest absolute Gasteiger partial charge is 0.137 e. The molecule has 1 heterocycles. The van der Waals surface area contributed by atoms with Crippen molar-refractivity contribution in [3.05, 3.63) is 28.8 Å². The molecule has 1 atom stereocenters. The van der Waals surface area contributed by atoms with Gasteiger partial charge in [-0.05, 0) is 62.4 Å². The summed E-state index contributed by atoms with van der Waals surface area (Å²) in [6.45, 7) is 2.36. The van der Waals surface area contributed by atoms with Crippen molar-refractivity contribution < 1.29 is 4.74 Å².